The Morgan fingerprint density at radius 3 is 2.71 bits per heavy atom. The van der Waals surface area contributed by atoms with Gasteiger partial charge in [0.05, 0.1) is 5.92 Å². The second-order valence-corrected chi connectivity index (χ2v) is 8.34. The van der Waals surface area contributed by atoms with Crippen molar-refractivity contribution in [2.24, 2.45) is 5.92 Å². The van der Waals surface area contributed by atoms with Crippen LogP contribution in [0.25, 0.3) is 0 Å². The molecule has 1 amide bonds. The smallest absolute Gasteiger partial charge is 0.224 e. The third-order valence-electron chi connectivity index (χ3n) is 5.93. The van der Waals surface area contributed by atoms with Crippen LogP contribution in [0.1, 0.15) is 35.4 Å². The Hall–Kier alpha value is -2.99. The summed E-state index contributed by atoms with van der Waals surface area (Å²) >= 11 is 0. The Morgan fingerprint density at radius 2 is 1.94 bits per heavy atom. The highest BCUT2D eigenvalue weighted by Gasteiger charge is 2.25. The molecule has 31 heavy (non-hydrogen) atoms. The first kappa shape index (κ1) is 21.2. The molecule has 6 heteroatoms. The van der Waals surface area contributed by atoms with Crippen LogP contribution >= 0.6 is 0 Å². The molecule has 1 atom stereocenters. The van der Waals surface area contributed by atoms with E-state index in [-0.39, 0.29) is 17.6 Å². The van der Waals surface area contributed by atoms with Crippen LogP contribution in [0.2, 0.25) is 0 Å². The minimum atomic E-state index is -0.219. The molecule has 2 aromatic carbocycles. The minimum Gasteiger partial charge on any atom is -0.352 e. The van der Waals surface area contributed by atoms with Gasteiger partial charge in [0.2, 0.25) is 5.91 Å². The van der Waals surface area contributed by atoms with Gasteiger partial charge in [-0.15, -0.1) is 0 Å². The quantitative estimate of drug-likeness (QED) is 0.631. The topological polar surface area (TPSA) is 50.2 Å². The molecule has 4 rings (SSSR count). The average molecular weight is 421 g/mol. The number of carbonyl (C=O) groups is 1. The highest BCUT2D eigenvalue weighted by Crippen LogP contribution is 2.19. The van der Waals surface area contributed by atoms with E-state index in [9.17, 15) is 9.18 Å². The van der Waals surface area contributed by atoms with Gasteiger partial charge in [-0.05, 0) is 55.1 Å². The SMILES string of the molecule is Cc1nccn1Cc1cccc(CNC(=O)C2CCCN(Cc3ccc(F)cc3)C2)c1. The first-order valence-corrected chi connectivity index (χ1v) is 10.9. The molecular weight excluding hydrogens is 391 g/mol. The third kappa shape index (κ3) is 5.79. The van der Waals surface area contributed by atoms with Gasteiger partial charge in [0.1, 0.15) is 11.6 Å². The van der Waals surface area contributed by atoms with E-state index < -0.39 is 0 Å². The number of hydrogen-bond donors (Lipinski definition) is 1. The Morgan fingerprint density at radius 1 is 1.13 bits per heavy atom. The lowest BCUT2D eigenvalue weighted by Gasteiger charge is -2.32. The van der Waals surface area contributed by atoms with Gasteiger partial charge in [0.15, 0.2) is 0 Å². The third-order valence-corrected chi connectivity index (χ3v) is 5.93. The van der Waals surface area contributed by atoms with Gasteiger partial charge in [-0.25, -0.2) is 9.37 Å². The molecule has 1 saturated heterocycles. The summed E-state index contributed by atoms with van der Waals surface area (Å²) in [6.07, 6.45) is 5.69. The maximum absolute atomic E-state index is 13.1. The molecule has 1 aliphatic rings. The van der Waals surface area contributed by atoms with Crippen LogP contribution in [-0.2, 0) is 24.4 Å². The van der Waals surface area contributed by atoms with E-state index in [1.165, 1.54) is 17.7 Å². The van der Waals surface area contributed by atoms with Crippen LogP contribution in [0.3, 0.4) is 0 Å². The minimum absolute atomic E-state index is 0.00835. The maximum atomic E-state index is 13.1. The van der Waals surface area contributed by atoms with E-state index in [2.05, 4.69) is 31.9 Å². The number of halogens is 1. The Balaban J connectivity index is 1.29. The molecule has 1 unspecified atom stereocenters. The number of amides is 1. The second-order valence-electron chi connectivity index (χ2n) is 8.34. The van der Waals surface area contributed by atoms with E-state index in [4.69, 9.17) is 0 Å². The molecule has 2 heterocycles. The number of piperidine rings is 1. The normalized spacial score (nSPS) is 16.9. The van der Waals surface area contributed by atoms with Crippen LogP contribution in [-0.4, -0.2) is 33.4 Å². The van der Waals surface area contributed by atoms with Crippen LogP contribution in [0.15, 0.2) is 60.9 Å². The van der Waals surface area contributed by atoms with Crippen LogP contribution in [0.5, 0.6) is 0 Å². The number of imidazole rings is 1. The summed E-state index contributed by atoms with van der Waals surface area (Å²) in [6, 6.07) is 14.9. The summed E-state index contributed by atoms with van der Waals surface area (Å²) in [5.41, 5.74) is 3.37. The number of nitrogens with one attached hydrogen (secondary N) is 1. The number of hydrogen-bond acceptors (Lipinski definition) is 3. The molecule has 1 aromatic heterocycles. The first-order chi connectivity index (χ1) is 15.1. The molecule has 1 fully saturated rings. The second kappa shape index (κ2) is 9.88. The number of carbonyl (C=O) groups excluding carboxylic acids is 1. The Kier molecular flexibility index (Phi) is 6.77. The zero-order chi connectivity index (χ0) is 21.6. The summed E-state index contributed by atoms with van der Waals surface area (Å²) in [6.45, 7) is 5.76. The lowest BCUT2D eigenvalue weighted by molar-refractivity contribution is -0.126. The van der Waals surface area contributed by atoms with E-state index in [0.29, 0.717) is 6.54 Å². The summed E-state index contributed by atoms with van der Waals surface area (Å²) in [5, 5.41) is 3.12. The monoisotopic (exact) mass is 420 g/mol. The number of benzene rings is 2. The van der Waals surface area contributed by atoms with Gasteiger partial charge in [-0.1, -0.05) is 36.4 Å². The fourth-order valence-corrected chi connectivity index (χ4v) is 4.20. The number of rotatable bonds is 7. The standard InChI is InChI=1S/C25H29FN4O/c1-19-27-11-13-30(19)17-22-5-2-4-21(14-22)15-28-25(31)23-6-3-12-29(18-23)16-20-7-9-24(26)10-8-20/h2,4-5,7-11,13-14,23H,3,6,12,15-18H2,1H3,(H,28,31). The van der Waals surface area contributed by atoms with Crippen LogP contribution in [0.4, 0.5) is 4.39 Å². The molecule has 3 aromatic rings. The van der Waals surface area contributed by atoms with E-state index in [1.54, 1.807) is 0 Å². The summed E-state index contributed by atoms with van der Waals surface area (Å²) < 4.78 is 15.2. The number of aryl methyl sites for hydroxylation is 1. The first-order valence-electron chi connectivity index (χ1n) is 10.9. The summed E-state index contributed by atoms with van der Waals surface area (Å²) in [5.74, 6) is 0.871. The van der Waals surface area contributed by atoms with E-state index in [0.717, 1.165) is 56.0 Å². The fourth-order valence-electron chi connectivity index (χ4n) is 4.20. The van der Waals surface area contributed by atoms with E-state index >= 15 is 0 Å². The maximum Gasteiger partial charge on any atom is 0.224 e. The fraction of sp³-hybridized carbons (Fsp3) is 0.360. The van der Waals surface area contributed by atoms with Crippen molar-refractivity contribution in [2.75, 3.05) is 13.1 Å². The lowest BCUT2D eigenvalue weighted by Crippen LogP contribution is -2.42. The van der Waals surface area contributed by atoms with Crippen molar-refractivity contribution in [3.63, 3.8) is 0 Å². The number of likely N-dealkylation sites (tertiary alicyclic amines) is 1. The molecule has 1 aliphatic heterocycles. The highest BCUT2D eigenvalue weighted by atomic mass is 19.1. The van der Waals surface area contributed by atoms with Crippen molar-refractivity contribution >= 4 is 5.91 Å². The van der Waals surface area contributed by atoms with E-state index in [1.807, 2.05) is 43.6 Å². The molecular formula is C25H29FN4O. The van der Waals surface area contributed by atoms with Crippen molar-refractivity contribution in [3.8, 4) is 0 Å². The molecule has 5 nitrogen and oxygen atoms in total. The molecule has 0 radical (unpaired) electrons. The average Bonchev–Trinajstić information content (AvgIpc) is 3.18. The molecule has 0 spiro atoms. The molecule has 162 valence electrons. The predicted molar refractivity (Wildman–Crippen MR) is 119 cm³/mol. The van der Waals surface area contributed by atoms with Crippen LogP contribution in [0, 0.1) is 18.7 Å². The van der Waals surface area contributed by atoms with Crippen molar-refractivity contribution in [1.29, 1.82) is 0 Å². The Bertz CT molecular complexity index is 1010. The zero-order valence-corrected chi connectivity index (χ0v) is 17.9. The van der Waals surface area contributed by atoms with Crippen molar-refractivity contribution in [1.82, 2.24) is 19.8 Å². The molecule has 0 aliphatic carbocycles. The Labute approximate surface area is 182 Å². The summed E-state index contributed by atoms with van der Waals surface area (Å²) in [7, 11) is 0. The zero-order valence-electron chi connectivity index (χ0n) is 17.9. The van der Waals surface area contributed by atoms with Gasteiger partial charge in [-0.3, -0.25) is 9.69 Å². The predicted octanol–water partition coefficient (Wildman–Crippen LogP) is 3.91. The number of nitrogens with zero attached hydrogens (tertiary/aromatic N) is 3. The van der Waals surface area contributed by atoms with Crippen molar-refractivity contribution in [3.05, 3.63) is 89.3 Å². The van der Waals surface area contributed by atoms with Crippen molar-refractivity contribution in [2.45, 2.75) is 39.4 Å². The van der Waals surface area contributed by atoms with Gasteiger partial charge >= 0.3 is 0 Å². The van der Waals surface area contributed by atoms with Gasteiger partial charge < -0.3 is 9.88 Å². The van der Waals surface area contributed by atoms with Crippen LogP contribution < -0.4 is 5.32 Å². The molecule has 1 N–H and O–H groups in total. The molecule has 0 bridgehead atoms. The summed E-state index contributed by atoms with van der Waals surface area (Å²) in [4.78, 5) is 19.4. The van der Waals surface area contributed by atoms with Gasteiger partial charge in [-0.2, -0.15) is 0 Å². The number of aromatic nitrogens is 2. The van der Waals surface area contributed by atoms with Gasteiger partial charge in [0.25, 0.3) is 0 Å². The highest BCUT2D eigenvalue weighted by molar-refractivity contribution is 5.79. The molecule has 0 saturated carbocycles. The van der Waals surface area contributed by atoms with Crippen molar-refractivity contribution < 1.29 is 9.18 Å². The lowest BCUT2D eigenvalue weighted by atomic mass is 9.96. The van der Waals surface area contributed by atoms with Gasteiger partial charge in [0, 0.05) is 38.6 Å². The largest absolute Gasteiger partial charge is 0.352 e.